The minimum absolute atomic E-state index is 0.0754. The first-order valence-corrected chi connectivity index (χ1v) is 7.93. The molecule has 0 bridgehead atoms. The van der Waals surface area contributed by atoms with Gasteiger partial charge in [0.15, 0.2) is 9.84 Å². The average molecular weight is 294 g/mol. The summed E-state index contributed by atoms with van der Waals surface area (Å²) in [5.74, 6) is -0.632. The highest BCUT2D eigenvalue weighted by Gasteiger charge is 2.41. The molecule has 2 aliphatic heterocycles. The Balaban J connectivity index is 1.88. The maximum Gasteiger partial charge on any atom is 0.246 e. The zero-order valence-corrected chi connectivity index (χ0v) is 11.7. The second-order valence-electron chi connectivity index (χ2n) is 5.09. The maximum absolute atomic E-state index is 12.0. The van der Waals surface area contributed by atoms with Crippen molar-refractivity contribution in [1.29, 1.82) is 0 Å². The number of hydrogen-bond donors (Lipinski definition) is 1. The van der Waals surface area contributed by atoms with Gasteiger partial charge in [-0.1, -0.05) is 18.2 Å². The number of likely N-dealkylation sites (tertiary alicyclic amines) is 1. The van der Waals surface area contributed by atoms with Gasteiger partial charge in [0, 0.05) is 13.1 Å². The van der Waals surface area contributed by atoms with Gasteiger partial charge in [0.2, 0.25) is 11.8 Å². The summed E-state index contributed by atoms with van der Waals surface area (Å²) in [6.07, 6.45) is 0.0774. The van der Waals surface area contributed by atoms with E-state index in [1.54, 1.807) is 24.3 Å². The SMILES string of the molecule is CN1C(=O)CC(NC2CS(=O)(=O)c3ccccc32)C1=O. The van der Waals surface area contributed by atoms with E-state index in [1.807, 2.05) is 0 Å². The first kappa shape index (κ1) is 13.3. The van der Waals surface area contributed by atoms with Crippen molar-refractivity contribution >= 4 is 21.7 Å². The third kappa shape index (κ3) is 1.94. The van der Waals surface area contributed by atoms with Crippen molar-refractivity contribution in [3.05, 3.63) is 29.8 Å². The van der Waals surface area contributed by atoms with Crippen molar-refractivity contribution < 1.29 is 18.0 Å². The van der Waals surface area contributed by atoms with E-state index in [-0.39, 0.29) is 24.0 Å². The second kappa shape index (κ2) is 4.39. The number of hydrogen-bond acceptors (Lipinski definition) is 5. The Labute approximate surface area is 116 Å². The van der Waals surface area contributed by atoms with Gasteiger partial charge in [0.1, 0.15) is 0 Å². The molecule has 2 unspecified atom stereocenters. The lowest BCUT2D eigenvalue weighted by Crippen LogP contribution is -2.39. The summed E-state index contributed by atoms with van der Waals surface area (Å²) in [7, 11) is -1.88. The minimum atomic E-state index is -3.31. The summed E-state index contributed by atoms with van der Waals surface area (Å²) in [6, 6.07) is 5.67. The van der Waals surface area contributed by atoms with E-state index < -0.39 is 21.9 Å². The van der Waals surface area contributed by atoms with Crippen LogP contribution in [0.1, 0.15) is 18.0 Å². The molecule has 2 heterocycles. The number of sulfone groups is 1. The van der Waals surface area contributed by atoms with E-state index in [2.05, 4.69) is 5.32 Å². The van der Waals surface area contributed by atoms with Gasteiger partial charge >= 0.3 is 0 Å². The summed E-state index contributed by atoms with van der Waals surface area (Å²) in [6.45, 7) is 0. The van der Waals surface area contributed by atoms with Crippen molar-refractivity contribution in [3.63, 3.8) is 0 Å². The van der Waals surface area contributed by atoms with Gasteiger partial charge in [-0.3, -0.25) is 19.8 Å². The normalized spacial score (nSPS) is 27.9. The second-order valence-corrected chi connectivity index (χ2v) is 7.09. The van der Waals surface area contributed by atoms with Gasteiger partial charge in [0.05, 0.1) is 23.1 Å². The molecule has 2 aliphatic rings. The van der Waals surface area contributed by atoms with Crippen LogP contribution in [0.4, 0.5) is 0 Å². The van der Waals surface area contributed by atoms with Crippen molar-refractivity contribution in [2.24, 2.45) is 0 Å². The van der Waals surface area contributed by atoms with Crippen LogP contribution in [-0.2, 0) is 19.4 Å². The van der Waals surface area contributed by atoms with Crippen LogP contribution in [0.5, 0.6) is 0 Å². The molecule has 3 rings (SSSR count). The van der Waals surface area contributed by atoms with Gasteiger partial charge in [-0.2, -0.15) is 0 Å². The van der Waals surface area contributed by atoms with Gasteiger partial charge < -0.3 is 0 Å². The number of benzene rings is 1. The molecule has 20 heavy (non-hydrogen) atoms. The smallest absolute Gasteiger partial charge is 0.246 e. The lowest BCUT2D eigenvalue weighted by atomic mass is 10.1. The van der Waals surface area contributed by atoms with E-state index in [0.29, 0.717) is 10.5 Å². The highest BCUT2D eigenvalue weighted by atomic mass is 32.2. The maximum atomic E-state index is 12.0. The van der Waals surface area contributed by atoms with Crippen LogP contribution >= 0.6 is 0 Å². The topological polar surface area (TPSA) is 83.6 Å². The molecular weight excluding hydrogens is 280 g/mol. The van der Waals surface area contributed by atoms with Crippen LogP contribution in [-0.4, -0.2) is 44.0 Å². The Kier molecular flexibility index (Phi) is 2.91. The molecular formula is C13H14N2O4S. The van der Waals surface area contributed by atoms with Crippen molar-refractivity contribution in [2.75, 3.05) is 12.8 Å². The molecule has 106 valence electrons. The lowest BCUT2D eigenvalue weighted by molar-refractivity contribution is -0.137. The van der Waals surface area contributed by atoms with Gasteiger partial charge in [-0.25, -0.2) is 8.42 Å². The van der Waals surface area contributed by atoms with Gasteiger partial charge in [-0.15, -0.1) is 0 Å². The fraction of sp³-hybridized carbons (Fsp3) is 0.385. The van der Waals surface area contributed by atoms with Crippen LogP contribution < -0.4 is 5.32 Å². The molecule has 2 atom stereocenters. The number of rotatable bonds is 2. The Morgan fingerprint density at radius 3 is 2.55 bits per heavy atom. The number of nitrogens with one attached hydrogen (secondary N) is 1. The predicted molar refractivity (Wildman–Crippen MR) is 70.6 cm³/mol. The third-order valence-electron chi connectivity index (χ3n) is 3.80. The average Bonchev–Trinajstić information content (AvgIpc) is 2.80. The minimum Gasteiger partial charge on any atom is -0.297 e. The van der Waals surface area contributed by atoms with Crippen molar-refractivity contribution in [2.45, 2.75) is 23.4 Å². The monoisotopic (exact) mass is 294 g/mol. The van der Waals surface area contributed by atoms with E-state index in [9.17, 15) is 18.0 Å². The number of imide groups is 1. The molecule has 1 aromatic rings. The fourth-order valence-electron chi connectivity index (χ4n) is 2.72. The first-order valence-electron chi connectivity index (χ1n) is 6.28. The molecule has 0 saturated carbocycles. The molecule has 0 radical (unpaired) electrons. The predicted octanol–water partition coefficient (Wildman–Crippen LogP) is -0.138. The van der Waals surface area contributed by atoms with Crippen molar-refractivity contribution in [1.82, 2.24) is 10.2 Å². The van der Waals surface area contributed by atoms with Crippen LogP contribution in [0.15, 0.2) is 29.2 Å². The van der Waals surface area contributed by atoms with E-state index in [4.69, 9.17) is 0 Å². The summed E-state index contributed by atoms with van der Waals surface area (Å²) >= 11 is 0. The van der Waals surface area contributed by atoms with Crippen LogP contribution in [0.2, 0.25) is 0 Å². The number of fused-ring (bicyclic) bond motifs is 1. The van der Waals surface area contributed by atoms with Crippen LogP contribution in [0.3, 0.4) is 0 Å². The summed E-state index contributed by atoms with van der Waals surface area (Å²) in [4.78, 5) is 24.7. The number of carbonyl (C=O) groups excluding carboxylic acids is 2. The van der Waals surface area contributed by atoms with Gasteiger partial charge in [0.25, 0.3) is 0 Å². The molecule has 0 aliphatic carbocycles. The molecule has 1 saturated heterocycles. The summed E-state index contributed by atoms with van der Waals surface area (Å²) in [5.41, 5.74) is 0.669. The summed E-state index contributed by atoms with van der Waals surface area (Å²) in [5, 5.41) is 3.01. The largest absolute Gasteiger partial charge is 0.297 e. The Hall–Kier alpha value is -1.73. The Morgan fingerprint density at radius 2 is 1.90 bits per heavy atom. The number of nitrogens with zero attached hydrogens (tertiary/aromatic N) is 1. The number of amides is 2. The molecule has 0 spiro atoms. The Morgan fingerprint density at radius 1 is 1.20 bits per heavy atom. The van der Waals surface area contributed by atoms with Gasteiger partial charge in [-0.05, 0) is 11.6 Å². The van der Waals surface area contributed by atoms with E-state index in [1.165, 1.54) is 7.05 Å². The van der Waals surface area contributed by atoms with E-state index in [0.717, 1.165) is 4.90 Å². The van der Waals surface area contributed by atoms with Crippen LogP contribution in [0, 0.1) is 0 Å². The highest BCUT2D eigenvalue weighted by Crippen LogP contribution is 2.33. The number of carbonyl (C=O) groups is 2. The third-order valence-corrected chi connectivity index (χ3v) is 5.61. The molecule has 1 fully saturated rings. The number of likely N-dealkylation sites (N-methyl/N-ethyl adjacent to an activating group) is 1. The quantitative estimate of drug-likeness (QED) is 0.768. The lowest BCUT2D eigenvalue weighted by Gasteiger charge is -2.17. The summed E-state index contributed by atoms with van der Waals surface area (Å²) < 4.78 is 24.1. The first-order chi connectivity index (χ1) is 9.40. The molecule has 7 heteroatoms. The van der Waals surface area contributed by atoms with E-state index >= 15 is 0 Å². The highest BCUT2D eigenvalue weighted by molar-refractivity contribution is 7.91. The van der Waals surface area contributed by atoms with Crippen molar-refractivity contribution in [3.8, 4) is 0 Å². The Bertz CT molecular complexity index is 698. The fourth-order valence-corrected chi connectivity index (χ4v) is 4.47. The zero-order chi connectivity index (χ0) is 14.5. The van der Waals surface area contributed by atoms with Crippen LogP contribution in [0.25, 0.3) is 0 Å². The molecule has 2 amide bonds. The standard InChI is InChI=1S/C13H14N2O4S/c1-15-12(16)6-9(13(15)17)14-10-7-20(18,19)11-5-3-2-4-8(10)11/h2-5,9-10,14H,6-7H2,1H3. The molecule has 0 aromatic heterocycles. The molecule has 1 N–H and O–H groups in total. The molecule has 6 nitrogen and oxygen atoms in total. The molecule has 1 aromatic carbocycles. The zero-order valence-electron chi connectivity index (χ0n) is 10.9.